The Morgan fingerprint density at radius 1 is 0.872 bits per heavy atom. The number of carbonyl (C=O) groups excluding carboxylic acids is 3. The molecule has 1 saturated heterocycles. The van der Waals surface area contributed by atoms with Gasteiger partial charge in [-0.25, -0.2) is 16.8 Å². The summed E-state index contributed by atoms with van der Waals surface area (Å²) in [5, 5.41) is 40.4. The molecule has 1 fully saturated rings. The van der Waals surface area contributed by atoms with Crippen LogP contribution in [0.2, 0.25) is 0 Å². The van der Waals surface area contributed by atoms with E-state index in [4.69, 9.17) is 5.73 Å². The second-order valence-corrected chi connectivity index (χ2v) is 13.1. The minimum atomic E-state index is -3.98. The average molecular weight is 581 g/mol. The molecule has 2 atom stereocenters. The Hall–Kier alpha value is -3.28. The summed E-state index contributed by atoms with van der Waals surface area (Å²) in [5.74, 6) is -2.91. The fraction of sp³-hybridized carbons (Fsp3) is 0.286. The van der Waals surface area contributed by atoms with Crippen LogP contribution in [0.3, 0.4) is 0 Å². The molecule has 1 aliphatic rings. The molecular weight excluding hydrogens is 556 g/mol. The van der Waals surface area contributed by atoms with E-state index in [0.717, 1.165) is 53.8 Å². The first kappa shape index (κ1) is 30.3. The molecule has 2 aromatic carbocycles. The molecule has 18 heteroatoms. The zero-order chi connectivity index (χ0) is 29.4. The van der Waals surface area contributed by atoms with Crippen molar-refractivity contribution in [1.29, 1.82) is 0 Å². The van der Waals surface area contributed by atoms with Gasteiger partial charge < -0.3 is 36.0 Å². The second kappa shape index (κ2) is 11.1. The van der Waals surface area contributed by atoms with Crippen molar-refractivity contribution in [2.24, 2.45) is 5.73 Å². The summed E-state index contributed by atoms with van der Waals surface area (Å²) in [7, 11) is -11.9. The van der Waals surface area contributed by atoms with Gasteiger partial charge in [0.2, 0.25) is 5.91 Å². The SMILES string of the molecule is CS(=O)(=O)c1ccc(B(O)O)cc1C(=O)N[C@H]1C[C@@H](C(N)=O)N(C(=O)c2cc(B(O)O)ccc2S(C)(=O)=O)C1. The molecule has 3 rings (SSSR count). The summed E-state index contributed by atoms with van der Waals surface area (Å²) in [5.41, 5.74) is 4.25. The molecule has 14 nitrogen and oxygen atoms in total. The number of nitrogens with two attached hydrogens (primary N) is 1. The summed E-state index contributed by atoms with van der Waals surface area (Å²) in [6.45, 7) is -0.343. The Labute approximate surface area is 224 Å². The maximum absolute atomic E-state index is 13.5. The van der Waals surface area contributed by atoms with E-state index in [1.54, 1.807) is 0 Å². The third-order valence-electron chi connectivity index (χ3n) is 6.10. The number of nitrogens with one attached hydrogen (secondary N) is 1. The first-order chi connectivity index (χ1) is 17.9. The summed E-state index contributed by atoms with van der Waals surface area (Å²) in [6, 6.07) is 3.94. The van der Waals surface area contributed by atoms with Crippen molar-refractivity contribution in [1.82, 2.24) is 10.2 Å². The van der Waals surface area contributed by atoms with Crippen LogP contribution in [0.5, 0.6) is 0 Å². The quantitative estimate of drug-likeness (QED) is 0.162. The maximum atomic E-state index is 13.5. The molecule has 1 aliphatic heterocycles. The Morgan fingerprint density at radius 2 is 1.33 bits per heavy atom. The van der Waals surface area contributed by atoms with Gasteiger partial charge in [-0.1, -0.05) is 12.1 Å². The van der Waals surface area contributed by atoms with Crippen molar-refractivity contribution in [3.8, 4) is 0 Å². The predicted molar refractivity (Wildman–Crippen MR) is 139 cm³/mol. The average Bonchev–Trinajstić information content (AvgIpc) is 3.25. The number of likely N-dealkylation sites (tertiary alicyclic amines) is 1. The van der Waals surface area contributed by atoms with Gasteiger partial charge >= 0.3 is 14.2 Å². The maximum Gasteiger partial charge on any atom is 0.488 e. The van der Waals surface area contributed by atoms with E-state index < -0.39 is 84.6 Å². The minimum Gasteiger partial charge on any atom is -0.423 e. The molecule has 2 aromatic rings. The van der Waals surface area contributed by atoms with E-state index in [2.05, 4.69) is 5.32 Å². The lowest BCUT2D eigenvalue weighted by Gasteiger charge is -2.23. The summed E-state index contributed by atoms with van der Waals surface area (Å²) in [6.07, 6.45) is 1.48. The van der Waals surface area contributed by atoms with Crippen LogP contribution in [-0.2, 0) is 24.5 Å². The molecule has 208 valence electrons. The van der Waals surface area contributed by atoms with Crippen molar-refractivity contribution < 1.29 is 51.3 Å². The van der Waals surface area contributed by atoms with Crippen molar-refractivity contribution in [3.63, 3.8) is 0 Å². The Balaban J connectivity index is 1.98. The number of hydrogen-bond donors (Lipinski definition) is 6. The highest BCUT2D eigenvalue weighted by atomic mass is 32.2. The van der Waals surface area contributed by atoms with Gasteiger partial charge in [-0.3, -0.25) is 14.4 Å². The summed E-state index contributed by atoms with van der Waals surface area (Å²) in [4.78, 5) is 38.8. The van der Waals surface area contributed by atoms with Crippen LogP contribution < -0.4 is 22.0 Å². The van der Waals surface area contributed by atoms with Crippen LogP contribution in [-0.4, -0.2) is 105 Å². The lowest BCUT2D eigenvalue weighted by molar-refractivity contribution is -0.121. The van der Waals surface area contributed by atoms with Crippen LogP contribution in [0.1, 0.15) is 27.1 Å². The highest BCUT2D eigenvalue weighted by Crippen LogP contribution is 2.25. The smallest absolute Gasteiger partial charge is 0.423 e. The molecular formula is C21H25B2N3O11S2. The molecule has 39 heavy (non-hydrogen) atoms. The fourth-order valence-electron chi connectivity index (χ4n) is 4.26. The number of carbonyl (C=O) groups is 3. The van der Waals surface area contributed by atoms with Gasteiger partial charge in [0, 0.05) is 25.1 Å². The van der Waals surface area contributed by atoms with Crippen LogP contribution in [0, 0.1) is 0 Å². The monoisotopic (exact) mass is 581 g/mol. The highest BCUT2D eigenvalue weighted by Gasteiger charge is 2.41. The molecule has 1 heterocycles. The molecule has 0 saturated carbocycles. The standard InChI is InChI=1S/C21H25B2N3O11S2/c1-38(34,35)17-5-3-11(22(30)31)7-14(17)20(28)25-13-9-16(19(24)27)26(10-13)21(29)15-8-12(23(32)33)4-6-18(15)39(2,36)37/h3-8,13,16,30-33H,9-10H2,1-2H3,(H2,24,27)(H,25,28)/t13-,16-/m0/s1. The Morgan fingerprint density at radius 3 is 1.77 bits per heavy atom. The van der Waals surface area contributed by atoms with E-state index in [0.29, 0.717) is 0 Å². The predicted octanol–water partition coefficient (Wildman–Crippen LogP) is -4.65. The van der Waals surface area contributed by atoms with Crippen molar-refractivity contribution in [2.75, 3.05) is 19.1 Å². The van der Waals surface area contributed by atoms with E-state index >= 15 is 0 Å². The van der Waals surface area contributed by atoms with Crippen molar-refractivity contribution in [3.05, 3.63) is 47.5 Å². The topological polar surface area (TPSA) is 242 Å². The highest BCUT2D eigenvalue weighted by molar-refractivity contribution is 7.91. The summed E-state index contributed by atoms with van der Waals surface area (Å²) < 4.78 is 49.0. The van der Waals surface area contributed by atoms with E-state index in [1.165, 1.54) is 0 Å². The first-order valence-electron chi connectivity index (χ1n) is 11.2. The molecule has 3 amide bonds. The number of benzene rings is 2. The van der Waals surface area contributed by atoms with Gasteiger partial charge in [-0.05, 0) is 41.6 Å². The van der Waals surface area contributed by atoms with Crippen molar-refractivity contribution >= 4 is 62.6 Å². The minimum absolute atomic E-state index is 0.162. The van der Waals surface area contributed by atoms with Crippen LogP contribution in [0.15, 0.2) is 46.2 Å². The van der Waals surface area contributed by atoms with Gasteiger partial charge in [0.1, 0.15) is 6.04 Å². The molecule has 0 bridgehead atoms. The first-order valence-corrected chi connectivity index (χ1v) is 15.0. The zero-order valence-corrected chi connectivity index (χ0v) is 22.3. The number of sulfone groups is 2. The number of amides is 3. The van der Waals surface area contributed by atoms with E-state index in [1.807, 2.05) is 0 Å². The lowest BCUT2D eigenvalue weighted by Crippen LogP contribution is -2.45. The van der Waals surface area contributed by atoms with Gasteiger partial charge in [0.15, 0.2) is 19.7 Å². The molecule has 0 unspecified atom stereocenters. The van der Waals surface area contributed by atoms with E-state index in [9.17, 15) is 51.3 Å². The van der Waals surface area contributed by atoms with Gasteiger partial charge in [-0.15, -0.1) is 0 Å². The number of rotatable bonds is 8. The largest absolute Gasteiger partial charge is 0.488 e. The van der Waals surface area contributed by atoms with Crippen molar-refractivity contribution in [2.45, 2.75) is 28.3 Å². The molecule has 0 spiro atoms. The normalized spacial score (nSPS) is 17.5. The molecule has 0 radical (unpaired) electrons. The third kappa shape index (κ3) is 6.66. The number of primary amides is 1. The second-order valence-electron chi connectivity index (χ2n) is 9.08. The summed E-state index contributed by atoms with van der Waals surface area (Å²) >= 11 is 0. The fourth-order valence-corrected chi connectivity index (χ4v) is 5.99. The van der Waals surface area contributed by atoms with Crippen LogP contribution in [0.4, 0.5) is 0 Å². The van der Waals surface area contributed by atoms with Gasteiger partial charge in [0.05, 0.1) is 20.9 Å². The number of nitrogens with zero attached hydrogens (tertiary/aromatic N) is 1. The molecule has 7 N–H and O–H groups in total. The molecule has 0 aliphatic carbocycles. The zero-order valence-electron chi connectivity index (χ0n) is 20.7. The van der Waals surface area contributed by atoms with Crippen LogP contribution in [0.25, 0.3) is 0 Å². The molecule has 0 aromatic heterocycles. The Bertz CT molecular complexity index is 1550. The number of hydrogen-bond acceptors (Lipinski definition) is 11. The van der Waals surface area contributed by atoms with Gasteiger partial charge in [-0.2, -0.15) is 0 Å². The third-order valence-corrected chi connectivity index (χ3v) is 8.41. The van der Waals surface area contributed by atoms with E-state index in [-0.39, 0.29) is 23.9 Å². The lowest BCUT2D eigenvalue weighted by atomic mass is 9.79. The van der Waals surface area contributed by atoms with Crippen LogP contribution >= 0.6 is 0 Å². The van der Waals surface area contributed by atoms with Gasteiger partial charge in [0.25, 0.3) is 11.8 Å². The Kier molecular flexibility index (Phi) is 8.59.